The van der Waals surface area contributed by atoms with Gasteiger partial charge in [-0.3, -0.25) is 9.69 Å². The minimum atomic E-state index is 0.0178. The van der Waals surface area contributed by atoms with Crippen LogP contribution in [-0.2, 0) is 11.2 Å². The summed E-state index contributed by atoms with van der Waals surface area (Å²) in [4.78, 5) is 14.6. The van der Waals surface area contributed by atoms with Gasteiger partial charge in [0.05, 0.1) is 18.2 Å². The summed E-state index contributed by atoms with van der Waals surface area (Å²) < 4.78 is 0. The lowest BCUT2D eigenvalue weighted by Crippen LogP contribution is -2.21. The first kappa shape index (κ1) is 16.4. The van der Waals surface area contributed by atoms with Crippen LogP contribution in [0.3, 0.4) is 0 Å². The summed E-state index contributed by atoms with van der Waals surface area (Å²) in [6.07, 6.45) is 1.77. The lowest BCUT2D eigenvalue weighted by Gasteiger charge is -2.24. The first-order chi connectivity index (χ1) is 11.6. The van der Waals surface area contributed by atoms with Crippen LogP contribution >= 0.6 is 0 Å². The molecule has 0 radical (unpaired) electrons. The van der Waals surface area contributed by atoms with Gasteiger partial charge in [-0.2, -0.15) is 5.26 Å². The van der Waals surface area contributed by atoms with Gasteiger partial charge < -0.3 is 0 Å². The SMILES string of the molecule is Cc1ccc(CCC2C(=O)CN(C)C2c2ccc(C#N)cc2)cc1. The van der Waals surface area contributed by atoms with Gasteiger partial charge in [0.15, 0.2) is 5.78 Å². The maximum absolute atomic E-state index is 12.5. The number of carbonyl (C=O) groups is 1. The van der Waals surface area contributed by atoms with Crippen LogP contribution in [0.1, 0.15) is 34.7 Å². The van der Waals surface area contributed by atoms with Crippen molar-refractivity contribution in [2.24, 2.45) is 5.92 Å². The lowest BCUT2D eigenvalue weighted by atomic mass is 9.87. The van der Waals surface area contributed by atoms with Crippen LogP contribution in [-0.4, -0.2) is 24.3 Å². The first-order valence-corrected chi connectivity index (χ1v) is 8.37. The van der Waals surface area contributed by atoms with Crippen LogP contribution in [0.25, 0.3) is 0 Å². The van der Waals surface area contributed by atoms with E-state index in [0.717, 1.165) is 18.4 Å². The average Bonchev–Trinajstić information content (AvgIpc) is 2.88. The molecule has 0 bridgehead atoms. The zero-order valence-corrected chi connectivity index (χ0v) is 14.2. The molecule has 2 aromatic rings. The normalized spacial score (nSPS) is 21.0. The maximum atomic E-state index is 12.5. The summed E-state index contributed by atoms with van der Waals surface area (Å²) in [6.45, 7) is 2.59. The quantitative estimate of drug-likeness (QED) is 0.864. The monoisotopic (exact) mass is 318 g/mol. The van der Waals surface area contributed by atoms with Gasteiger partial charge in [0.1, 0.15) is 0 Å². The fourth-order valence-corrected chi connectivity index (χ4v) is 3.58. The van der Waals surface area contributed by atoms with Crippen LogP contribution in [0.15, 0.2) is 48.5 Å². The summed E-state index contributed by atoms with van der Waals surface area (Å²) in [5.74, 6) is 0.336. The fraction of sp³-hybridized carbons (Fsp3) is 0.333. The minimum Gasteiger partial charge on any atom is -0.298 e. The smallest absolute Gasteiger partial charge is 0.151 e. The van der Waals surface area contributed by atoms with Gasteiger partial charge in [0.2, 0.25) is 0 Å². The molecule has 1 heterocycles. The molecule has 0 N–H and O–H groups in total. The number of aryl methyl sites for hydroxylation is 2. The van der Waals surface area contributed by atoms with Crippen LogP contribution < -0.4 is 0 Å². The van der Waals surface area contributed by atoms with Gasteiger partial charge in [0.25, 0.3) is 0 Å². The van der Waals surface area contributed by atoms with Crippen LogP contribution in [0, 0.1) is 24.2 Å². The zero-order chi connectivity index (χ0) is 17.1. The average molecular weight is 318 g/mol. The number of hydrogen-bond donors (Lipinski definition) is 0. The van der Waals surface area contributed by atoms with Crippen LogP contribution in [0.5, 0.6) is 0 Å². The topological polar surface area (TPSA) is 44.1 Å². The molecule has 3 heteroatoms. The highest BCUT2D eigenvalue weighted by molar-refractivity contribution is 5.86. The number of ketones is 1. The number of hydrogen-bond acceptors (Lipinski definition) is 3. The van der Waals surface area contributed by atoms with Crippen molar-refractivity contribution < 1.29 is 4.79 Å². The van der Waals surface area contributed by atoms with Crippen molar-refractivity contribution in [3.05, 3.63) is 70.8 Å². The van der Waals surface area contributed by atoms with Crippen LogP contribution in [0.2, 0.25) is 0 Å². The van der Waals surface area contributed by atoms with E-state index in [2.05, 4.69) is 42.2 Å². The largest absolute Gasteiger partial charge is 0.298 e. The second-order valence-electron chi connectivity index (χ2n) is 6.69. The molecule has 3 nitrogen and oxygen atoms in total. The molecule has 1 fully saturated rings. The molecule has 122 valence electrons. The molecule has 0 amide bonds. The Bertz CT molecular complexity index is 756. The second-order valence-corrected chi connectivity index (χ2v) is 6.69. The summed E-state index contributed by atoms with van der Waals surface area (Å²) >= 11 is 0. The number of rotatable bonds is 4. The third-order valence-electron chi connectivity index (χ3n) is 4.92. The van der Waals surface area contributed by atoms with Crippen molar-refractivity contribution in [1.29, 1.82) is 5.26 Å². The molecular formula is C21H22N2O. The number of nitrogens with zero attached hydrogens (tertiary/aromatic N) is 2. The van der Waals surface area contributed by atoms with Gasteiger partial charge in [-0.1, -0.05) is 42.0 Å². The molecule has 1 aliphatic heterocycles. The highest BCUT2D eigenvalue weighted by Crippen LogP contribution is 2.36. The van der Waals surface area contributed by atoms with E-state index < -0.39 is 0 Å². The summed E-state index contributed by atoms with van der Waals surface area (Å²) in [6, 6.07) is 18.4. The first-order valence-electron chi connectivity index (χ1n) is 8.37. The molecule has 2 aromatic carbocycles. The van der Waals surface area contributed by atoms with E-state index in [4.69, 9.17) is 5.26 Å². The van der Waals surface area contributed by atoms with Crippen molar-refractivity contribution in [3.63, 3.8) is 0 Å². The third-order valence-corrected chi connectivity index (χ3v) is 4.92. The van der Waals surface area contributed by atoms with Crippen molar-refractivity contribution in [1.82, 2.24) is 4.90 Å². The predicted molar refractivity (Wildman–Crippen MR) is 94.5 cm³/mol. The number of likely N-dealkylation sites (N-methyl/N-ethyl adjacent to an activating group) is 1. The summed E-state index contributed by atoms with van der Waals surface area (Å²) in [5.41, 5.74) is 4.31. The molecule has 2 unspecified atom stereocenters. The molecule has 0 aromatic heterocycles. The van der Waals surface area contributed by atoms with Crippen LogP contribution in [0.4, 0.5) is 0 Å². The number of Topliss-reactive ketones (excluding diaryl/α,β-unsaturated/α-hetero) is 1. The lowest BCUT2D eigenvalue weighted by molar-refractivity contribution is -0.120. The van der Waals surface area contributed by atoms with Gasteiger partial charge in [-0.05, 0) is 50.1 Å². The molecule has 1 aliphatic rings. The van der Waals surface area contributed by atoms with E-state index in [1.165, 1.54) is 11.1 Å². The Balaban J connectivity index is 1.77. The standard InChI is InChI=1S/C21H22N2O/c1-15-3-5-16(6-4-15)9-12-19-20(24)14-23(2)21(19)18-10-7-17(13-22)8-11-18/h3-8,10-11,19,21H,9,12,14H2,1-2H3. The summed E-state index contributed by atoms with van der Waals surface area (Å²) in [7, 11) is 2.01. The Morgan fingerprint density at radius 2 is 1.79 bits per heavy atom. The molecule has 0 saturated carbocycles. The van der Waals surface area contributed by atoms with Gasteiger partial charge in [-0.25, -0.2) is 0 Å². The number of nitriles is 1. The summed E-state index contributed by atoms with van der Waals surface area (Å²) in [5, 5.41) is 8.96. The van der Waals surface area contributed by atoms with E-state index in [-0.39, 0.29) is 12.0 Å². The maximum Gasteiger partial charge on any atom is 0.151 e. The second kappa shape index (κ2) is 6.98. The van der Waals surface area contributed by atoms with E-state index in [1.807, 2.05) is 31.3 Å². The van der Waals surface area contributed by atoms with Crippen molar-refractivity contribution in [2.45, 2.75) is 25.8 Å². The predicted octanol–water partition coefficient (Wildman–Crippen LogP) is 3.67. The molecule has 1 saturated heterocycles. The molecular weight excluding hydrogens is 296 g/mol. The van der Waals surface area contributed by atoms with E-state index in [1.54, 1.807) is 0 Å². The zero-order valence-electron chi connectivity index (χ0n) is 14.2. The molecule has 24 heavy (non-hydrogen) atoms. The highest BCUT2D eigenvalue weighted by atomic mass is 16.1. The van der Waals surface area contributed by atoms with E-state index in [0.29, 0.717) is 17.9 Å². The van der Waals surface area contributed by atoms with E-state index >= 15 is 0 Å². The third kappa shape index (κ3) is 3.39. The molecule has 2 atom stereocenters. The van der Waals surface area contributed by atoms with Crippen molar-refractivity contribution >= 4 is 5.78 Å². The van der Waals surface area contributed by atoms with Gasteiger partial charge >= 0.3 is 0 Å². The Labute approximate surface area is 143 Å². The Hall–Kier alpha value is -2.44. The number of carbonyl (C=O) groups excluding carboxylic acids is 1. The van der Waals surface area contributed by atoms with Crippen molar-refractivity contribution in [3.8, 4) is 6.07 Å². The van der Waals surface area contributed by atoms with Crippen molar-refractivity contribution in [2.75, 3.05) is 13.6 Å². The molecule has 3 rings (SSSR count). The molecule has 0 aliphatic carbocycles. The number of benzene rings is 2. The fourth-order valence-electron chi connectivity index (χ4n) is 3.58. The Morgan fingerprint density at radius 1 is 1.12 bits per heavy atom. The minimum absolute atomic E-state index is 0.0178. The van der Waals surface area contributed by atoms with Gasteiger partial charge in [-0.15, -0.1) is 0 Å². The highest BCUT2D eigenvalue weighted by Gasteiger charge is 2.39. The number of likely N-dealkylation sites (tertiary alicyclic amines) is 1. The Morgan fingerprint density at radius 3 is 2.42 bits per heavy atom. The molecule has 0 spiro atoms. The van der Waals surface area contributed by atoms with E-state index in [9.17, 15) is 4.79 Å². The van der Waals surface area contributed by atoms with Gasteiger partial charge in [0, 0.05) is 12.0 Å². The Kier molecular flexibility index (Phi) is 4.78.